The average Bonchev–Trinajstić information content (AvgIpc) is 3.05. The Labute approximate surface area is 139 Å². The van der Waals surface area contributed by atoms with Crippen molar-refractivity contribution in [2.24, 2.45) is 0 Å². The maximum absolute atomic E-state index is 14.1. The van der Waals surface area contributed by atoms with Crippen LogP contribution in [0.25, 0.3) is 0 Å². The van der Waals surface area contributed by atoms with Crippen molar-refractivity contribution in [3.8, 4) is 17.2 Å². The van der Waals surface area contributed by atoms with Crippen molar-refractivity contribution in [1.29, 1.82) is 0 Å². The van der Waals surface area contributed by atoms with Crippen LogP contribution in [0.2, 0.25) is 0 Å². The van der Waals surface area contributed by atoms with Crippen molar-refractivity contribution in [3.63, 3.8) is 0 Å². The lowest BCUT2D eigenvalue weighted by Crippen LogP contribution is -3.11. The minimum Gasteiger partial charge on any atom is -0.492 e. The summed E-state index contributed by atoms with van der Waals surface area (Å²) in [5.74, 6) is 1.76. The zero-order chi connectivity index (χ0) is 16.7. The van der Waals surface area contributed by atoms with Gasteiger partial charge < -0.3 is 24.4 Å². The van der Waals surface area contributed by atoms with E-state index in [2.05, 4.69) is 12.4 Å². The number of benzene rings is 2. The molecule has 0 fully saturated rings. The van der Waals surface area contributed by atoms with Gasteiger partial charge in [-0.2, -0.15) is 0 Å². The number of hydrogen-bond donors (Lipinski definition) is 2. The van der Waals surface area contributed by atoms with Gasteiger partial charge in [0.1, 0.15) is 5.82 Å². The average molecular weight is 331 g/mol. The first-order valence-corrected chi connectivity index (χ1v) is 8.01. The predicted octanol–water partition coefficient (Wildman–Crippen LogP) is 1.74. The third kappa shape index (κ3) is 2.34. The highest BCUT2D eigenvalue weighted by atomic mass is 19.1. The quantitative estimate of drug-likeness (QED) is 0.899. The van der Waals surface area contributed by atoms with E-state index in [9.17, 15) is 4.39 Å². The fourth-order valence-corrected chi connectivity index (χ4v) is 3.46. The number of anilines is 1. The summed E-state index contributed by atoms with van der Waals surface area (Å²) in [6, 6.07) is 8.73. The maximum atomic E-state index is 14.1. The van der Waals surface area contributed by atoms with Gasteiger partial charge in [0.15, 0.2) is 17.7 Å². The molecule has 24 heavy (non-hydrogen) atoms. The van der Waals surface area contributed by atoms with Crippen molar-refractivity contribution in [2.45, 2.75) is 12.6 Å². The molecule has 2 N–H and O–H groups in total. The molecule has 0 aromatic heterocycles. The number of rotatable bonds is 3. The van der Waals surface area contributed by atoms with Crippen molar-refractivity contribution >= 4 is 5.69 Å². The molecule has 0 saturated carbocycles. The Morgan fingerprint density at radius 1 is 1.29 bits per heavy atom. The second-order valence-electron chi connectivity index (χ2n) is 6.12. The fraction of sp³-hybridized carbons (Fsp3) is 0.333. The van der Waals surface area contributed by atoms with Crippen molar-refractivity contribution in [1.82, 2.24) is 0 Å². The van der Waals surface area contributed by atoms with E-state index < -0.39 is 0 Å². The lowest BCUT2D eigenvalue weighted by Gasteiger charge is -2.33. The summed E-state index contributed by atoms with van der Waals surface area (Å²) >= 11 is 0. The highest BCUT2D eigenvalue weighted by molar-refractivity contribution is 5.62. The van der Waals surface area contributed by atoms with E-state index in [0.717, 1.165) is 29.8 Å². The summed E-state index contributed by atoms with van der Waals surface area (Å²) in [4.78, 5) is 1.24. The van der Waals surface area contributed by atoms with Gasteiger partial charge in [-0.15, -0.1) is 0 Å². The van der Waals surface area contributed by atoms with E-state index in [1.54, 1.807) is 19.2 Å². The van der Waals surface area contributed by atoms with Gasteiger partial charge in [-0.25, -0.2) is 4.39 Å². The number of methoxy groups -OCH3 is 1. The molecule has 0 spiro atoms. The molecule has 6 heteroatoms. The van der Waals surface area contributed by atoms with Gasteiger partial charge in [0.25, 0.3) is 0 Å². The normalized spacial score (nSPS) is 21.3. The summed E-state index contributed by atoms with van der Waals surface area (Å²) in [5, 5.41) is 3.33. The van der Waals surface area contributed by atoms with Crippen molar-refractivity contribution in [3.05, 3.63) is 47.3 Å². The number of ether oxygens (including phenoxy) is 3. The Kier molecular flexibility index (Phi) is 3.69. The monoisotopic (exact) mass is 331 g/mol. The molecule has 2 aliphatic heterocycles. The van der Waals surface area contributed by atoms with Crippen LogP contribution in [-0.2, 0) is 6.42 Å². The van der Waals surface area contributed by atoms with Crippen LogP contribution in [0.4, 0.5) is 10.1 Å². The van der Waals surface area contributed by atoms with E-state index in [4.69, 9.17) is 14.2 Å². The summed E-state index contributed by atoms with van der Waals surface area (Å²) < 4.78 is 30.9. The highest BCUT2D eigenvalue weighted by Gasteiger charge is 2.36. The Bertz CT molecular complexity index is 781. The Morgan fingerprint density at radius 2 is 2.12 bits per heavy atom. The number of para-hydroxylation sites is 1. The Balaban J connectivity index is 1.81. The van der Waals surface area contributed by atoms with Crippen molar-refractivity contribution in [2.75, 3.05) is 32.8 Å². The largest absolute Gasteiger partial charge is 0.492 e. The zero-order valence-electron chi connectivity index (χ0n) is 13.7. The van der Waals surface area contributed by atoms with Crippen LogP contribution in [0.3, 0.4) is 0 Å². The van der Waals surface area contributed by atoms with E-state index in [1.807, 2.05) is 12.1 Å². The first-order chi connectivity index (χ1) is 11.7. The van der Waals surface area contributed by atoms with Crippen LogP contribution in [0, 0.1) is 5.82 Å². The third-order valence-corrected chi connectivity index (χ3v) is 4.69. The lowest BCUT2D eigenvalue weighted by atomic mass is 9.94. The van der Waals surface area contributed by atoms with Gasteiger partial charge in [-0.05, 0) is 23.8 Å². The number of nitrogens with one attached hydrogen (secondary N) is 2. The van der Waals surface area contributed by atoms with Crippen LogP contribution >= 0.6 is 0 Å². The van der Waals surface area contributed by atoms with Gasteiger partial charge >= 0.3 is 0 Å². The van der Waals surface area contributed by atoms with E-state index in [-0.39, 0.29) is 18.8 Å². The van der Waals surface area contributed by atoms with Crippen LogP contribution in [0.5, 0.6) is 17.2 Å². The predicted molar refractivity (Wildman–Crippen MR) is 87.3 cm³/mol. The maximum Gasteiger partial charge on any atom is 0.231 e. The molecular weight excluding hydrogens is 311 g/mol. The van der Waals surface area contributed by atoms with E-state index in [0.29, 0.717) is 17.2 Å². The SMILES string of the molecule is COc1c2c(cc3c1[C@@H](Nc1ccccc1F)[NH+](C)CC3)OCO2. The topological polar surface area (TPSA) is 44.2 Å². The summed E-state index contributed by atoms with van der Waals surface area (Å²) in [6.45, 7) is 1.13. The summed E-state index contributed by atoms with van der Waals surface area (Å²) in [5.41, 5.74) is 2.64. The van der Waals surface area contributed by atoms with Gasteiger partial charge in [-0.3, -0.25) is 0 Å². The molecule has 0 amide bonds. The number of likely N-dealkylation sites (N-methyl/N-ethyl adjacent to an activating group) is 1. The van der Waals surface area contributed by atoms with Crippen LogP contribution in [-0.4, -0.2) is 27.5 Å². The fourth-order valence-electron chi connectivity index (χ4n) is 3.46. The van der Waals surface area contributed by atoms with Gasteiger partial charge in [0, 0.05) is 6.42 Å². The zero-order valence-corrected chi connectivity index (χ0v) is 13.7. The molecule has 0 aliphatic carbocycles. The first kappa shape index (κ1) is 15.1. The van der Waals surface area contributed by atoms with Crippen LogP contribution < -0.4 is 24.4 Å². The van der Waals surface area contributed by atoms with Crippen molar-refractivity contribution < 1.29 is 23.5 Å². The molecule has 2 aliphatic rings. The molecule has 0 radical (unpaired) electrons. The molecule has 0 saturated heterocycles. The summed E-state index contributed by atoms with van der Waals surface area (Å²) in [7, 11) is 3.72. The molecule has 2 atom stereocenters. The second-order valence-corrected chi connectivity index (χ2v) is 6.12. The molecule has 2 aromatic rings. The van der Waals surface area contributed by atoms with Gasteiger partial charge in [-0.1, -0.05) is 12.1 Å². The first-order valence-electron chi connectivity index (χ1n) is 8.01. The minimum atomic E-state index is -0.267. The highest BCUT2D eigenvalue weighted by Crippen LogP contribution is 2.47. The standard InChI is InChI=1S/C18H19FN2O3/c1-21-8-7-11-9-14-16(24-10-23-14)17(22-2)15(11)18(21)20-13-6-4-3-5-12(13)19/h3-6,9,18,20H,7-8,10H2,1-2H3/p+1/t18-/m0/s1. The molecule has 4 rings (SSSR count). The number of fused-ring (bicyclic) bond motifs is 2. The minimum absolute atomic E-state index is 0.130. The van der Waals surface area contributed by atoms with E-state index in [1.165, 1.54) is 11.0 Å². The molecule has 0 bridgehead atoms. The number of hydrogen-bond acceptors (Lipinski definition) is 4. The molecule has 126 valence electrons. The van der Waals surface area contributed by atoms with Gasteiger partial charge in [0.2, 0.25) is 12.5 Å². The Hall–Kier alpha value is -2.47. The van der Waals surface area contributed by atoms with Gasteiger partial charge in [0.05, 0.1) is 32.0 Å². The Morgan fingerprint density at radius 3 is 2.92 bits per heavy atom. The molecule has 1 unspecified atom stereocenters. The number of halogens is 1. The lowest BCUT2D eigenvalue weighted by molar-refractivity contribution is -0.910. The smallest absolute Gasteiger partial charge is 0.231 e. The molecular formula is C18H20FN2O3+. The molecule has 2 heterocycles. The molecule has 5 nitrogen and oxygen atoms in total. The van der Waals surface area contributed by atoms with Crippen LogP contribution in [0.1, 0.15) is 17.3 Å². The number of quaternary nitrogens is 1. The van der Waals surface area contributed by atoms with Crippen LogP contribution in [0.15, 0.2) is 30.3 Å². The second kappa shape index (κ2) is 5.87. The molecule has 2 aromatic carbocycles. The summed E-state index contributed by atoms with van der Waals surface area (Å²) in [6.07, 6.45) is 0.777. The third-order valence-electron chi connectivity index (χ3n) is 4.69. The van der Waals surface area contributed by atoms with E-state index >= 15 is 0 Å².